The SMILES string of the molecule is CCCOC(CNC1(C)CC(OC2C(Oc3c4cc5cc3Oc3ccc(cc3Cl)[C@@H](O)[C@@H]3NC(=O)C(NC(=O)[C@@H]5NC(=O)[C@H](CC(N)=O)NC(=O)C(NC(=O)[C@@H](CC(C)C)NC)[C@H](O)c5ccc(c(Cl)c5)O4)c4ccc(O)c(c4)-c4c(O)cc(O)cc4[C@H](C(=O)O)NC3=O)OC(CO)C(O)C2O)OC(C)C1O)C(=O)O. The summed E-state index contributed by atoms with van der Waals surface area (Å²) in [5.41, 5.74) is 1.30. The molecule has 0 saturated carbocycles. The molecule has 19 atom stereocenters. The first-order valence-electron chi connectivity index (χ1n) is 34.8. The van der Waals surface area contributed by atoms with E-state index in [2.05, 4.69) is 42.5 Å². The van der Waals surface area contributed by atoms with Crippen molar-refractivity contribution in [3.8, 4) is 57.1 Å². The summed E-state index contributed by atoms with van der Waals surface area (Å²) in [6.45, 7) is 7.09. The topological polar surface area (TPSA) is 563 Å². The van der Waals surface area contributed by atoms with Gasteiger partial charge in [0.05, 0.1) is 41.3 Å². The van der Waals surface area contributed by atoms with Crippen molar-refractivity contribution in [2.45, 2.75) is 176 Å². The molecule has 36 nitrogen and oxygen atoms in total. The normalized spacial score (nSPS) is 28.3. The molecule has 0 aromatic heterocycles. The van der Waals surface area contributed by atoms with Crippen LogP contribution in [0.2, 0.25) is 10.0 Å². The Hall–Kier alpha value is -9.77. The van der Waals surface area contributed by atoms with Gasteiger partial charge < -0.3 is 138 Å². The minimum atomic E-state index is -2.39. The van der Waals surface area contributed by atoms with Gasteiger partial charge in [0.2, 0.25) is 53.4 Å². The zero-order chi connectivity index (χ0) is 80.2. The molecule has 110 heavy (non-hydrogen) atoms. The molecule has 2 saturated heterocycles. The molecule has 11 bridgehead atoms. The van der Waals surface area contributed by atoms with Gasteiger partial charge in [0.15, 0.2) is 36.0 Å². The number of phenolic OH excluding ortho intramolecular Hbond substituents is 3. The predicted octanol–water partition coefficient (Wildman–Crippen LogP) is 0.617. The summed E-state index contributed by atoms with van der Waals surface area (Å²) in [5.74, 6) is -17.7. The summed E-state index contributed by atoms with van der Waals surface area (Å²) in [5, 5.41) is 145. The number of phenols is 3. The molecule has 0 aliphatic carbocycles. The number of primary amides is 1. The number of carbonyl (C=O) groups is 9. The van der Waals surface area contributed by atoms with Crippen molar-refractivity contribution in [2.24, 2.45) is 11.7 Å². The Kier molecular flexibility index (Phi) is 26.1. The molecule has 0 radical (unpaired) electrons. The Morgan fingerprint density at radius 2 is 1.34 bits per heavy atom. The zero-order valence-electron chi connectivity index (χ0n) is 59.7. The first-order valence-corrected chi connectivity index (χ1v) is 35.5. The van der Waals surface area contributed by atoms with Crippen molar-refractivity contribution in [1.29, 1.82) is 0 Å². The number of fused-ring (bicyclic) bond motifs is 15. The number of benzene rings is 5. The second kappa shape index (κ2) is 34.7. The highest BCUT2D eigenvalue weighted by Gasteiger charge is 2.52. The van der Waals surface area contributed by atoms with Crippen molar-refractivity contribution < 1.29 is 132 Å². The molecular formula is C72H85Cl2N9O27. The lowest BCUT2D eigenvalue weighted by atomic mass is 9.84. The second-order valence-corrected chi connectivity index (χ2v) is 28.5. The molecule has 7 amide bonds. The second-order valence-electron chi connectivity index (χ2n) is 27.7. The average molecular weight is 1580 g/mol. The van der Waals surface area contributed by atoms with Crippen LogP contribution in [0.4, 0.5) is 0 Å². The third-order valence-corrected chi connectivity index (χ3v) is 19.8. The van der Waals surface area contributed by atoms with Crippen LogP contribution in [-0.4, -0.2) is 221 Å². The molecule has 7 heterocycles. The van der Waals surface area contributed by atoms with E-state index < -0.39 is 254 Å². The van der Waals surface area contributed by atoms with Gasteiger partial charge in [-0.2, -0.15) is 0 Å². The molecule has 5 aromatic rings. The minimum absolute atomic E-state index is 0.0741. The smallest absolute Gasteiger partial charge is 0.334 e. The number of hydrogen-bond donors (Lipinski definition) is 20. The van der Waals surface area contributed by atoms with Gasteiger partial charge in [0, 0.05) is 47.9 Å². The van der Waals surface area contributed by atoms with Crippen molar-refractivity contribution in [3.63, 3.8) is 0 Å². The Labute approximate surface area is 636 Å². The van der Waals surface area contributed by atoms with E-state index in [4.69, 9.17) is 62.1 Å². The first-order chi connectivity index (χ1) is 52.0. The number of aliphatic hydroxyl groups excluding tert-OH is 6. The van der Waals surface area contributed by atoms with E-state index >= 15 is 14.4 Å². The number of nitrogens with two attached hydrogens (primary N) is 1. The molecule has 7 aliphatic heterocycles. The van der Waals surface area contributed by atoms with Crippen molar-refractivity contribution in [2.75, 3.05) is 26.8 Å². The summed E-state index contributed by atoms with van der Waals surface area (Å²) >= 11 is 14.2. The molecule has 7 aliphatic rings. The maximum absolute atomic E-state index is 16.1. The highest BCUT2D eigenvalue weighted by Crippen LogP contribution is 2.50. The summed E-state index contributed by atoms with van der Waals surface area (Å²) in [4.78, 5) is 130. The van der Waals surface area contributed by atoms with E-state index in [1.54, 1.807) is 6.92 Å². The Morgan fingerprint density at radius 1 is 0.718 bits per heavy atom. The van der Waals surface area contributed by atoms with Crippen molar-refractivity contribution in [1.82, 2.24) is 42.5 Å². The monoisotopic (exact) mass is 1580 g/mol. The van der Waals surface area contributed by atoms with Gasteiger partial charge >= 0.3 is 11.9 Å². The number of hydrogen-bond acceptors (Lipinski definition) is 27. The van der Waals surface area contributed by atoms with Crippen LogP contribution in [0.1, 0.15) is 118 Å². The van der Waals surface area contributed by atoms with E-state index in [1.165, 1.54) is 33.0 Å². The highest BCUT2D eigenvalue weighted by molar-refractivity contribution is 6.32. The van der Waals surface area contributed by atoms with Gasteiger partial charge in [-0.15, -0.1) is 0 Å². The molecule has 21 N–H and O–H groups in total. The number of nitrogens with one attached hydrogen (secondary N) is 8. The number of aliphatic carboxylic acids is 2. The van der Waals surface area contributed by atoms with Crippen LogP contribution in [0.15, 0.2) is 78.9 Å². The lowest BCUT2D eigenvalue weighted by Crippen LogP contribution is -2.66. The van der Waals surface area contributed by atoms with E-state index in [0.29, 0.717) is 6.42 Å². The summed E-state index contributed by atoms with van der Waals surface area (Å²) in [7, 11) is 1.46. The van der Waals surface area contributed by atoms with Gasteiger partial charge in [0.25, 0.3) is 0 Å². The molecular weight excluding hydrogens is 1490 g/mol. The fraction of sp³-hybridized carbons (Fsp3) is 0.458. The summed E-state index contributed by atoms with van der Waals surface area (Å²) in [6.07, 6.45) is -20.5. The Balaban J connectivity index is 1.22. The van der Waals surface area contributed by atoms with Crippen molar-refractivity contribution in [3.05, 3.63) is 117 Å². The largest absolute Gasteiger partial charge is 0.508 e. The summed E-state index contributed by atoms with van der Waals surface area (Å²) in [6, 6.07) is -1.07. The van der Waals surface area contributed by atoms with Crippen LogP contribution in [-0.2, 0) is 62.1 Å². The molecule has 12 unspecified atom stereocenters. The van der Waals surface area contributed by atoms with Gasteiger partial charge in [-0.1, -0.05) is 62.2 Å². The third kappa shape index (κ3) is 18.1. The number of amides is 7. The number of aromatic hydroxyl groups is 3. The molecule has 594 valence electrons. The van der Waals surface area contributed by atoms with Gasteiger partial charge in [-0.25, -0.2) is 9.59 Å². The fourth-order valence-electron chi connectivity index (χ4n) is 13.4. The highest BCUT2D eigenvalue weighted by atomic mass is 35.5. The zero-order valence-corrected chi connectivity index (χ0v) is 61.2. The number of ether oxygens (including phenoxy) is 7. The molecule has 5 aromatic carbocycles. The molecule has 0 spiro atoms. The maximum Gasteiger partial charge on any atom is 0.334 e. The van der Waals surface area contributed by atoms with Crippen LogP contribution in [0.3, 0.4) is 0 Å². The van der Waals surface area contributed by atoms with E-state index in [1.807, 2.05) is 13.8 Å². The van der Waals surface area contributed by atoms with Crippen LogP contribution in [0, 0.1) is 5.92 Å². The Bertz CT molecular complexity index is 4350. The molecule has 12 rings (SSSR count). The quantitative estimate of drug-likeness (QED) is 0.0508. The Morgan fingerprint density at radius 3 is 1.93 bits per heavy atom. The van der Waals surface area contributed by atoms with Gasteiger partial charge in [-0.05, 0) is 117 Å². The minimum Gasteiger partial charge on any atom is -0.508 e. The van der Waals surface area contributed by atoms with Gasteiger partial charge in [0.1, 0.15) is 89.5 Å². The average Bonchev–Trinajstić information content (AvgIpc) is 0.766. The van der Waals surface area contributed by atoms with Crippen LogP contribution in [0.5, 0.6) is 46.0 Å². The predicted molar refractivity (Wildman–Crippen MR) is 381 cm³/mol. The van der Waals surface area contributed by atoms with E-state index in [0.717, 1.165) is 66.7 Å². The van der Waals surface area contributed by atoms with Crippen molar-refractivity contribution >= 4 is 76.5 Å². The van der Waals surface area contributed by atoms with E-state index in [9.17, 15) is 84.9 Å². The molecule has 2 fully saturated rings. The lowest BCUT2D eigenvalue weighted by molar-refractivity contribution is -0.334. The number of aliphatic hydroxyl groups is 6. The van der Waals surface area contributed by atoms with Crippen LogP contribution >= 0.6 is 23.2 Å². The maximum atomic E-state index is 16.1. The fourth-order valence-corrected chi connectivity index (χ4v) is 13.9. The van der Waals surface area contributed by atoms with Crippen LogP contribution < -0.4 is 62.5 Å². The van der Waals surface area contributed by atoms with E-state index in [-0.39, 0.29) is 54.4 Å². The number of carboxylic acid groups (broad SMARTS) is 2. The number of halogens is 2. The lowest BCUT2D eigenvalue weighted by Gasteiger charge is -2.48. The number of carboxylic acids is 2. The molecule has 38 heteroatoms. The standard InChI is InChI=1S/C72H85Cl2N9O27/c1-7-14-104-46(69(100)101)25-77-72(5)24-49(105-28(4)62(72)93)109-61-59(92)58(91)47(26-84)108-71(61)110-60-44-19-32-20-45(60)107-43-13-10-31(18-37(43)74)57(90)55-68(99)81-53(70(102)103)35-21-33(85)22-41(87)50(35)34-16-29(8-11-40(34)86)51(65(96)83-55)80-66(97)52(32)79-64(95)39(23-48(75)88)78-67(98)54(82-63(94)38(76-6)15-27(2)3)56(89)30-9-12-42(106-44)36(73)17-30/h8-13,16-22,27-28,38-39,46-47,49,51-59,61-62,71,76-77,84-87,89-93H,7,14-15,23-26H2,1-6H3,(H2,75,88)(H,78,98)(H,79,95)(H,80,97)(H,81,99)(H,82,94)(H,83,96)(H,100,101)(H,102,103)/t28?,38-,39+,46?,47?,49?,51?,52-,53-,54?,55+,56-,57-,58?,59?,61?,62?,71?,72?/m1/s1. The number of likely N-dealkylation sites (N-methyl/N-ethyl adjacent to an activating group) is 1. The number of rotatable bonds is 20. The van der Waals surface area contributed by atoms with Gasteiger partial charge in [-0.3, -0.25) is 33.6 Å². The van der Waals surface area contributed by atoms with Crippen LogP contribution in [0.25, 0.3) is 11.1 Å². The summed E-state index contributed by atoms with van der Waals surface area (Å²) < 4.78 is 44.4. The third-order valence-electron chi connectivity index (χ3n) is 19.2. The number of carbonyl (C=O) groups excluding carboxylic acids is 7. The first kappa shape index (κ1) is 82.7.